The molecule has 0 amide bonds. The number of rotatable bonds is 3. The van der Waals surface area contributed by atoms with Crippen LogP contribution in [0, 0.1) is 11.7 Å². The van der Waals surface area contributed by atoms with Gasteiger partial charge in [-0.15, -0.1) is 0 Å². The normalized spacial score (nSPS) is 25.3. The number of nitrogens with zero attached hydrogens (tertiary/aromatic N) is 1. The van der Waals surface area contributed by atoms with E-state index in [4.69, 9.17) is 0 Å². The first-order valence-corrected chi connectivity index (χ1v) is 7.42. The van der Waals surface area contributed by atoms with Crippen molar-refractivity contribution in [3.05, 3.63) is 34.1 Å². The van der Waals surface area contributed by atoms with E-state index in [-0.39, 0.29) is 5.82 Å². The molecule has 2 nitrogen and oxygen atoms in total. The number of nitrogens with one attached hydrogen (secondary N) is 1. The molecular weight excluding hydrogens is 295 g/mol. The smallest absolute Gasteiger partial charge is 0.128 e. The molecule has 1 unspecified atom stereocenters. The maximum absolute atomic E-state index is 13.9. The summed E-state index contributed by atoms with van der Waals surface area (Å²) in [6, 6.07) is 5.98. The lowest BCUT2D eigenvalue weighted by atomic mass is 10.1. The topological polar surface area (TPSA) is 15.3 Å². The van der Waals surface area contributed by atoms with Gasteiger partial charge in [0.1, 0.15) is 5.82 Å². The van der Waals surface area contributed by atoms with Crippen molar-refractivity contribution >= 4 is 15.9 Å². The van der Waals surface area contributed by atoms with Crippen molar-refractivity contribution in [2.45, 2.75) is 25.4 Å². The molecule has 1 saturated carbocycles. The molecule has 0 aromatic heterocycles. The molecule has 1 N–H and O–H groups in total. The molecule has 1 aliphatic carbocycles. The maximum Gasteiger partial charge on any atom is 0.128 e. The zero-order chi connectivity index (χ0) is 12.5. The molecule has 1 heterocycles. The molecule has 3 rings (SSSR count). The second kappa shape index (κ2) is 5.27. The molecule has 1 aromatic carbocycles. The van der Waals surface area contributed by atoms with Gasteiger partial charge in [-0.3, -0.25) is 4.90 Å². The third-order valence-corrected chi connectivity index (χ3v) is 4.45. The van der Waals surface area contributed by atoms with Gasteiger partial charge in [-0.25, -0.2) is 4.39 Å². The van der Waals surface area contributed by atoms with E-state index in [2.05, 4.69) is 26.1 Å². The zero-order valence-corrected chi connectivity index (χ0v) is 11.9. The van der Waals surface area contributed by atoms with Crippen molar-refractivity contribution in [2.24, 2.45) is 5.92 Å². The minimum Gasteiger partial charge on any atom is -0.314 e. The van der Waals surface area contributed by atoms with Gasteiger partial charge in [-0.05, 0) is 30.9 Å². The SMILES string of the molecule is Fc1cc(Br)ccc1CN1CCNCC1C1CC1. The van der Waals surface area contributed by atoms with Crippen molar-refractivity contribution < 1.29 is 4.39 Å². The summed E-state index contributed by atoms with van der Waals surface area (Å²) in [6.45, 7) is 3.84. The third kappa shape index (κ3) is 2.76. The Morgan fingerprint density at radius 1 is 1.39 bits per heavy atom. The first-order chi connectivity index (χ1) is 8.74. The summed E-state index contributed by atoms with van der Waals surface area (Å²) in [5.74, 6) is 0.730. The lowest BCUT2D eigenvalue weighted by molar-refractivity contribution is 0.134. The Balaban J connectivity index is 1.73. The van der Waals surface area contributed by atoms with Crippen molar-refractivity contribution in [2.75, 3.05) is 19.6 Å². The standard InChI is InChI=1S/C14H18BrFN2/c15-12-4-3-11(13(16)7-12)9-18-6-5-17-8-14(18)10-1-2-10/h3-4,7,10,14,17H,1-2,5-6,8-9H2. The predicted octanol–water partition coefficient (Wildman–Crippen LogP) is 2.77. The highest BCUT2D eigenvalue weighted by molar-refractivity contribution is 9.10. The zero-order valence-electron chi connectivity index (χ0n) is 10.3. The van der Waals surface area contributed by atoms with Crippen molar-refractivity contribution in [1.82, 2.24) is 10.2 Å². The molecule has 2 fully saturated rings. The van der Waals surface area contributed by atoms with Crippen LogP contribution in [0.25, 0.3) is 0 Å². The Morgan fingerprint density at radius 3 is 2.94 bits per heavy atom. The molecule has 0 radical (unpaired) electrons. The van der Waals surface area contributed by atoms with Crippen molar-refractivity contribution in [3.8, 4) is 0 Å². The lowest BCUT2D eigenvalue weighted by Crippen LogP contribution is -2.51. The third-order valence-electron chi connectivity index (χ3n) is 3.95. The van der Waals surface area contributed by atoms with E-state index in [1.165, 1.54) is 12.8 Å². The van der Waals surface area contributed by atoms with Gasteiger partial charge in [0, 0.05) is 42.3 Å². The molecule has 98 valence electrons. The van der Waals surface area contributed by atoms with Crippen LogP contribution in [0.4, 0.5) is 4.39 Å². The minimum atomic E-state index is -0.0996. The fraction of sp³-hybridized carbons (Fsp3) is 0.571. The maximum atomic E-state index is 13.9. The van der Waals surface area contributed by atoms with E-state index in [0.29, 0.717) is 6.04 Å². The van der Waals surface area contributed by atoms with E-state index in [9.17, 15) is 4.39 Å². The number of piperazine rings is 1. The Bertz CT molecular complexity index is 434. The van der Waals surface area contributed by atoms with E-state index < -0.39 is 0 Å². The summed E-state index contributed by atoms with van der Waals surface area (Å²) in [4.78, 5) is 2.44. The fourth-order valence-corrected chi connectivity index (χ4v) is 3.11. The second-order valence-corrected chi connectivity index (χ2v) is 6.23. The van der Waals surface area contributed by atoms with E-state index in [1.807, 2.05) is 12.1 Å². The molecule has 18 heavy (non-hydrogen) atoms. The summed E-state index contributed by atoms with van der Waals surface area (Å²) >= 11 is 3.30. The molecule has 2 aliphatic rings. The summed E-state index contributed by atoms with van der Waals surface area (Å²) in [6.07, 6.45) is 2.68. The minimum absolute atomic E-state index is 0.0996. The first-order valence-electron chi connectivity index (χ1n) is 6.63. The van der Waals surface area contributed by atoms with Gasteiger partial charge in [0.25, 0.3) is 0 Å². The van der Waals surface area contributed by atoms with Crippen LogP contribution in [0.3, 0.4) is 0 Å². The van der Waals surface area contributed by atoms with Gasteiger partial charge in [-0.1, -0.05) is 22.0 Å². The molecule has 0 spiro atoms. The molecule has 1 aromatic rings. The summed E-state index contributed by atoms with van der Waals surface area (Å²) in [5.41, 5.74) is 0.811. The van der Waals surface area contributed by atoms with Gasteiger partial charge in [-0.2, -0.15) is 0 Å². The Kier molecular flexibility index (Phi) is 3.68. The Hall–Kier alpha value is -0.450. The molecule has 0 bridgehead atoms. The first kappa shape index (κ1) is 12.6. The van der Waals surface area contributed by atoms with Gasteiger partial charge in [0.15, 0.2) is 0 Å². The summed E-state index contributed by atoms with van der Waals surface area (Å²) in [7, 11) is 0. The highest BCUT2D eigenvalue weighted by atomic mass is 79.9. The van der Waals surface area contributed by atoms with Crippen LogP contribution < -0.4 is 5.32 Å². The van der Waals surface area contributed by atoms with Crippen LogP contribution in [0.5, 0.6) is 0 Å². The van der Waals surface area contributed by atoms with Gasteiger partial charge in [0.05, 0.1) is 0 Å². The number of benzene rings is 1. The van der Waals surface area contributed by atoms with Crippen molar-refractivity contribution in [3.63, 3.8) is 0 Å². The Morgan fingerprint density at radius 2 is 2.22 bits per heavy atom. The van der Waals surface area contributed by atoms with E-state index in [1.54, 1.807) is 6.07 Å². The van der Waals surface area contributed by atoms with Crippen LogP contribution in [0.1, 0.15) is 18.4 Å². The van der Waals surface area contributed by atoms with Gasteiger partial charge in [0.2, 0.25) is 0 Å². The summed E-state index contributed by atoms with van der Waals surface area (Å²) < 4.78 is 14.7. The Labute approximate surface area is 116 Å². The molecule has 1 atom stereocenters. The van der Waals surface area contributed by atoms with Crippen LogP contribution >= 0.6 is 15.9 Å². The number of halogens is 2. The summed E-state index contributed by atoms with van der Waals surface area (Å²) in [5, 5.41) is 3.45. The lowest BCUT2D eigenvalue weighted by Gasteiger charge is -2.36. The molecule has 4 heteroatoms. The molecular formula is C14H18BrFN2. The average molecular weight is 313 g/mol. The van der Waals surface area contributed by atoms with E-state index in [0.717, 1.165) is 42.1 Å². The van der Waals surface area contributed by atoms with Crippen LogP contribution in [0.2, 0.25) is 0 Å². The monoisotopic (exact) mass is 312 g/mol. The number of hydrogen-bond donors (Lipinski definition) is 1. The number of hydrogen-bond acceptors (Lipinski definition) is 2. The fourth-order valence-electron chi connectivity index (χ4n) is 2.78. The molecule has 1 aliphatic heterocycles. The highest BCUT2D eigenvalue weighted by Crippen LogP contribution is 2.36. The van der Waals surface area contributed by atoms with Crippen LogP contribution in [-0.4, -0.2) is 30.6 Å². The highest BCUT2D eigenvalue weighted by Gasteiger charge is 2.36. The largest absolute Gasteiger partial charge is 0.314 e. The molecule has 1 saturated heterocycles. The quantitative estimate of drug-likeness (QED) is 0.923. The predicted molar refractivity (Wildman–Crippen MR) is 73.9 cm³/mol. The van der Waals surface area contributed by atoms with E-state index >= 15 is 0 Å². The van der Waals surface area contributed by atoms with Crippen LogP contribution in [-0.2, 0) is 6.54 Å². The van der Waals surface area contributed by atoms with Crippen LogP contribution in [0.15, 0.2) is 22.7 Å². The van der Waals surface area contributed by atoms with Gasteiger partial charge < -0.3 is 5.32 Å². The van der Waals surface area contributed by atoms with Gasteiger partial charge >= 0.3 is 0 Å². The van der Waals surface area contributed by atoms with Crippen molar-refractivity contribution in [1.29, 1.82) is 0 Å². The second-order valence-electron chi connectivity index (χ2n) is 5.32. The average Bonchev–Trinajstić information content (AvgIpc) is 3.17.